The first-order valence-corrected chi connectivity index (χ1v) is 5.44. The summed E-state index contributed by atoms with van der Waals surface area (Å²) in [4.78, 5) is 14.3. The number of H-pyrrole nitrogens is 1. The number of benzene rings is 1. The zero-order valence-electron chi connectivity index (χ0n) is 9.60. The maximum Gasteiger partial charge on any atom is 0.341 e. The molecule has 0 unspecified atom stereocenters. The Hall–Kier alpha value is -2.56. The van der Waals surface area contributed by atoms with Crippen molar-refractivity contribution in [3.63, 3.8) is 0 Å². The quantitative estimate of drug-likeness (QED) is 0.724. The van der Waals surface area contributed by atoms with E-state index in [1.807, 2.05) is 24.3 Å². The number of carboxylic acids is 1. The fourth-order valence-corrected chi connectivity index (χ4v) is 2.06. The van der Waals surface area contributed by atoms with E-state index in [9.17, 15) is 9.90 Å². The number of hydrogen-bond acceptors (Lipinski definition) is 3. The highest BCUT2D eigenvalue weighted by Gasteiger charge is 2.22. The standard InChI is InChI=1S/C13H10N2O3/c1-7-11(13(16)17)12(18-15-7)9-6-14-10-5-3-2-4-8(9)10/h2-6,14H,1H3,(H,16,17). The molecule has 0 aliphatic rings. The van der Waals surface area contributed by atoms with Gasteiger partial charge in [-0.1, -0.05) is 23.4 Å². The van der Waals surface area contributed by atoms with E-state index in [0.29, 0.717) is 11.3 Å². The molecular formula is C13H10N2O3. The molecule has 0 spiro atoms. The van der Waals surface area contributed by atoms with E-state index in [4.69, 9.17) is 4.52 Å². The third kappa shape index (κ3) is 1.41. The van der Waals surface area contributed by atoms with E-state index >= 15 is 0 Å². The molecule has 0 amide bonds. The summed E-state index contributed by atoms with van der Waals surface area (Å²) < 4.78 is 5.16. The summed E-state index contributed by atoms with van der Waals surface area (Å²) in [5.41, 5.74) is 2.13. The average molecular weight is 242 g/mol. The lowest BCUT2D eigenvalue weighted by Gasteiger charge is -1.96. The fraction of sp³-hybridized carbons (Fsp3) is 0.0769. The van der Waals surface area contributed by atoms with Crippen molar-refractivity contribution >= 4 is 16.9 Å². The average Bonchev–Trinajstić information content (AvgIpc) is 2.92. The van der Waals surface area contributed by atoms with Gasteiger partial charge in [-0.3, -0.25) is 0 Å². The van der Waals surface area contributed by atoms with Crippen LogP contribution in [0.3, 0.4) is 0 Å². The molecule has 0 aliphatic carbocycles. The van der Waals surface area contributed by atoms with Crippen LogP contribution in [-0.4, -0.2) is 21.2 Å². The molecule has 1 aromatic carbocycles. The van der Waals surface area contributed by atoms with Gasteiger partial charge in [0.05, 0.1) is 5.69 Å². The lowest BCUT2D eigenvalue weighted by Crippen LogP contribution is -1.98. The molecule has 90 valence electrons. The summed E-state index contributed by atoms with van der Waals surface area (Å²) >= 11 is 0. The van der Waals surface area contributed by atoms with Gasteiger partial charge in [-0.25, -0.2) is 4.79 Å². The minimum absolute atomic E-state index is 0.111. The molecule has 0 aliphatic heterocycles. The van der Waals surface area contributed by atoms with Gasteiger partial charge in [0.25, 0.3) is 0 Å². The SMILES string of the molecule is Cc1noc(-c2c[nH]c3ccccc23)c1C(=O)O. The molecule has 0 bridgehead atoms. The number of carbonyl (C=O) groups is 1. The van der Waals surface area contributed by atoms with Crippen LogP contribution in [0.2, 0.25) is 0 Å². The second-order valence-corrected chi connectivity index (χ2v) is 4.03. The van der Waals surface area contributed by atoms with Crippen molar-refractivity contribution in [1.82, 2.24) is 10.1 Å². The second-order valence-electron chi connectivity index (χ2n) is 4.03. The van der Waals surface area contributed by atoms with Gasteiger partial charge in [0.1, 0.15) is 5.56 Å². The predicted molar refractivity (Wildman–Crippen MR) is 65.5 cm³/mol. The number of rotatable bonds is 2. The van der Waals surface area contributed by atoms with Crippen molar-refractivity contribution in [3.05, 3.63) is 41.7 Å². The van der Waals surface area contributed by atoms with Crippen LogP contribution < -0.4 is 0 Å². The zero-order chi connectivity index (χ0) is 12.7. The zero-order valence-corrected chi connectivity index (χ0v) is 9.60. The van der Waals surface area contributed by atoms with E-state index in [0.717, 1.165) is 10.9 Å². The summed E-state index contributed by atoms with van der Waals surface area (Å²) in [5.74, 6) is -0.744. The summed E-state index contributed by atoms with van der Waals surface area (Å²) in [6.07, 6.45) is 1.73. The maximum atomic E-state index is 11.2. The molecule has 5 nitrogen and oxygen atoms in total. The number of aromatic carboxylic acids is 1. The Morgan fingerprint density at radius 3 is 2.94 bits per heavy atom. The number of hydrogen-bond donors (Lipinski definition) is 2. The molecule has 0 radical (unpaired) electrons. The normalized spacial score (nSPS) is 10.9. The lowest BCUT2D eigenvalue weighted by atomic mass is 10.1. The van der Waals surface area contributed by atoms with Crippen LogP contribution in [0.4, 0.5) is 0 Å². The number of fused-ring (bicyclic) bond motifs is 1. The molecule has 18 heavy (non-hydrogen) atoms. The largest absolute Gasteiger partial charge is 0.477 e. The van der Waals surface area contributed by atoms with Crippen molar-refractivity contribution in [2.24, 2.45) is 0 Å². The first-order chi connectivity index (χ1) is 8.68. The molecule has 0 saturated heterocycles. The third-order valence-electron chi connectivity index (χ3n) is 2.91. The summed E-state index contributed by atoms with van der Waals surface area (Å²) in [6.45, 7) is 1.62. The molecule has 0 fully saturated rings. The Labute approximate surface area is 102 Å². The Kier molecular flexibility index (Phi) is 2.19. The second kappa shape index (κ2) is 3.73. The van der Waals surface area contributed by atoms with Crippen molar-refractivity contribution in [2.45, 2.75) is 6.92 Å². The van der Waals surface area contributed by atoms with Crippen LogP contribution in [0.15, 0.2) is 35.0 Å². The molecule has 5 heteroatoms. The van der Waals surface area contributed by atoms with Gasteiger partial charge < -0.3 is 14.6 Å². The van der Waals surface area contributed by atoms with Crippen molar-refractivity contribution in [1.29, 1.82) is 0 Å². The van der Waals surface area contributed by atoms with Gasteiger partial charge in [-0.2, -0.15) is 0 Å². The first-order valence-electron chi connectivity index (χ1n) is 5.44. The van der Waals surface area contributed by atoms with Crippen molar-refractivity contribution < 1.29 is 14.4 Å². The molecule has 3 rings (SSSR count). The number of carboxylic acid groups (broad SMARTS) is 1. The molecule has 2 N–H and O–H groups in total. The van der Waals surface area contributed by atoms with Crippen LogP contribution in [0.5, 0.6) is 0 Å². The Morgan fingerprint density at radius 2 is 2.17 bits per heavy atom. The number of para-hydroxylation sites is 1. The first kappa shape index (κ1) is 10.6. The summed E-state index contributed by atoms with van der Waals surface area (Å²) in [6, 6.07) is 7.63. The summed E-state index contributed by atoms with van der Waals surface area (Å²) in [7, 11) is 0. The Balaban J connectivity index is 2.30. The Bertz CT molecular complexity index is 740. The van der Waals surface area contributed by atoms with Gasteiger partial charge in [-0.15, -0.1) is 0 Å². The van der Waals surface area contributed by atoms with Crippen LogP contribution in [0.25, 0.3) is 22.2 Å². The number of nitrogens with one attached hydrogen (secondary N) is 1. The topological polar surface area (TPSA) is 79.1 Å². The van der Waals surface area contributed by atoms with Gasteiger partial charge in [0.2, 0.25) is 0 Å². The predicted octanol–water partition coefficient (Wildman–Crippen LogP) is 2.83. The minimum atomic E-state index is -1.03. The minimum Gasteiger partial charge on any atom is -0.477 e. The van der Waals surface area contributed by atoms with Crippen molar-refractivity contribution in [3.8, 4) is 11.3 Å². The third-order valence-corrected chi connectivity index (χ3v) is 2.91. The maximum absolute atomic E-state index is 11.2. The van der Waals surface area contributed by atoms with E-state index in [1.54, 1.807) is 13.1 Å². The van der Waals surface area contributed by atoms with Crippen LogP contribution in [0, 0.1) is 6.92 Å². The van der Waals surface area contributed by atoms with Gasteiger partial charge in [0, 0.05) is 22.7 Å². The lowest BCUT2D eigenvalue weighted by molar-refractivity contribution is 0.0696. The fourth-order valence-electron chi connectivity index (χ4n) is 2.06. The van der Waals surface area contributed by atoms with Gasteiger partial charge >= 0.3 is 5.97 Å². The van der Waals surface area contributed by atoms with E-state index in [1.165, 1.54) is 0 Å². The number of aromatic amines is 1. The molecule has 2 aromatic heterocycles. The van der Waals surface area contributed by atoms with Crippen LogP contribution in [0.1, 0.15) is 16.1 Å². The van der Waals surface area contributed by atoms with Gasteiger partial charge in [-0.05, 0) is 13.0 Å². The van der Waals surface area contributed by atoms with Gasteiger partial charge in [0.15, 0.2) is 5.76 Å². The molecule has 2 heterocycles. The summed E-state index contributed by atoms with van der Waals surface area (Å²) in [5, 5.41) is 13.8. The van der Waals surface area contributed by atoms with Crippen molar-refractivity contribution in [2.75, 3.05) is 0 Å². The highest BCUT2D eigenvalue weighted by atomic mass is 16.5. The number of nitrogens with zero attached hydrogens (tertiary/aromatic N) is 1. The number of aryl methyl sites for hydroxylation is 1. The monoisotopic (exact) mass is 242 g/mol. The Morgan fingerprint density at radius 1 is 1.39 bits per heavy atom. The smallest absolute Gasteiger partial charge is 0.341 e. The number of aromatic nitrogens is 2. The molecule has 3 aromatic rings. The molecule has 0 saturated carbocycles. The van der Waals surface area contributed by atoms with E-state index in [2.05, 4.69) is 10.1 Å². The van der Waals surface area contributed by atoms with E-state index in [-0.39, 0.29) is 11.3 Å². The molecule has 0 atom stereocenters. The van der Waals surface area contributed by atoms with Crippen LogP contribution >= 0.6 is 0 Å². The van der Waals surface area contributed by atoms with E-state index < -0.39 is 5.97 Å². The van der Waals surface area contributed by atoms with Crippen LogP contribution in [-0.2, 0) is 0 Å². The highest BCUT2D eigenvalue weighted by Crippen LogP contribution is 2.32. The highest BCUT2D eigenvalue weighted by molar-refractivity contribution is 6.01. The molecular weight excluding hydrogens is 232 g/mol.